The molecule has 0 amide bonds. The number of hydrogen-bond acceptors (Lipinski definition) is 3. The molecule has 0 spiro atoms. The van der Waals surface area contributed by atoms with Crippen LogP contribution in [-0.2, 0) is 10.0 Å². The van der Waals surface area contributed by atoms with Crippen molar-refractivity contribution in [2.24, 2.45) is 0 Å². The van der Waals surface area contributed by atoms with Crippen LogP contribution in [0, 0.1) is 0 Å². The van der Waals surface area contributed by atoms with E-state index in [2.05, 4.69) is 5.32 Å². The molecule has 0 radical (unpaired) electrons. The van der Waals surface area contributed by atoms with Gasteiger partial charge in [0.15, 0.2) is 0 Å². The molecule has 26 heavy (non-hydrogen) atoms. The molecule has 0 aliphatic heterocycles. The van der Waals surface area contributed by atoms with E-state index in [1.165, 1.54) is 4.31 Å². The smallest absolute Gasteiger partial charge is 0.242 e. The Morgan fingerprint density at radius 1 is 1.00 bits per heavy atom. The van der Waals surface area contributed by atoms with Crippen LogP contribution in [0.2, 0.25) is 10.0 Å². The number of fused-ring (bicyclic) bond motifs is 1. The second-order valence-corrected chi connectivity index (χ2v) is 9.69. The first kappa shape index (κ1) is 19.6. The van der Waals surface area contributed by atoms with Crippen LogP contribution in [0.3, 0.4) is 0 Å². The van der Waals surface area contributed by atoms with Gasteiger partial charge in [0.1, 0.15) is 0 Å². The van der Waals surface area contributed by atoms with Crippen molar-refractivity contribution >= 4 is 33.2 Å². The van der Waals surface area contributed by atoms with E-state index in [4.69, 9.17) is 23.2 Å². The maximum absolute atomic E-state index is 12.5. The molecule has 0 unspecified atom stereocenters. The summed E-state index contributed by atoms with van der Waals surface area (Å²) in [6, 6.07) is 11.3. The summed E-state index contributed by atoms with van der Waals surface area (Å²) in [4.78, 5) is 0.316. The van der Waals surface area contributed by atoms with E-state index in [0.717, 1.165) is 29.5 Å². The highest BCUT2D eigenvalue weighted by atomic mass is 35.5. The Morgan fingerprint density at radius 2 is 1.73 bits per heavy atom. The van der Waals surface area contributed by atoms with Gasteiger partial charge in [0.25, 0.3) is 0 Å². The zero-order valence-electron chi connectivity index (χ0n) is 15.0. The molecule has 3 rings (SSSR count). The molecular weight excluding hydrogens is 391 g/mol. The maximum Gasteiger partial charge on any atom is 0.242 e. The van der Waals surface area contributed by atoms with E-state index in [0.29, 0.717) is 14.9 Å². The quantitative estimate of drug-likeness (QED) is 0.807. The van der Waals surface area contributed by atoms with Gasteiger partial charge < -0.3 is 5.32 Å². The average Bonchev–Trinajstić information content (AvgIpc) is 2.62. The van der Waals surface area contributed by atoms with Crippen molar-refractivity contribution in [3.8, 4) is 0 Å². The standard InChI is InChI=1S/C19H22Cl2N2O2S/c1-22-19-9-7-14(12-4-8-17(20)18(21)10-12)15-6-5-13(11-16(15)19)26(24,25)23(2)3/h4-6,8,10-11,14,19,22H,7,9H2,1-3H3/t14-,19-/m0/s1. The number of halogens is 2. The predicted octanol–water partition coefficient (Wildman–Crippen LogP) is 4.43. The van der Waals surface area contributed by atoms with Crippen LogP contribution in [0.1, 0.15) is 41.5 Å². The fourth-order valence-corrected chi connectivity index (χ4v) is 4.81. The highest BCUT2D eigenvalue weighted by Gasteiger charge is 2.30. The topological polar surface area (TPSA) is 49.4 Å². The fourth-order valence-electron chi connectivity index (χ4n) is 3.56. The van der Waals surface area contributed by atoms with Gasteiger partial charge in [-0.05, 0) is 60.8 Å². The van der Waals surface area contributed by atoms with Gasteiger partial charge in [0, 0.05) is 26.1 Å². The van der Waals surface area contributed by atoms with Crippen LogP contribution < -0.4 is 5.32 Å². The lowest BCUT2D eigenvalue weighted by Crippen LogP contribution is -2.26. The number of benzene rings is 2. The summed E-state index contributed by atoms with van der Waals surface area (Å²) in [5, 5.41) is 4.37. The van der Waals surface area contributed by atoms with E-state index in [9.17, 15) is 8.42 Å². The molecule has 4 nitrogen and oxygen atoms in total. The molecule has 2 aromatic rings. The Labute approximate surface area is 165 Å². The molecule has 1 aliphatic rings. The van der Waals surface area contributed by atoms with Crippen molar-refractivity contribution in [2.45, 2.75) is 29.7 Å². The Hall–Kier alpha value is -1.11. The molecule has 140 valence electrons. The number of sulfonamides is 1. The van der Waals surface area contributed by atoms with E-state index in [1.54, 1.807) is 26.2 Å². The molecule has 0 bridgehead atoms. The van der Waals surface area contributed by atoms with Crippen LogP contribution in [-0.4, -0.2) is 33.9 Å². The molecule has 2 aromatic carbocycles. The van der Waals surface area contributed by atoms with E-state index in [-0.39, 0.29) is 12.0 Å². The first-order valence-electron chi connectivity index (χ1n) is 8.44. The molecule has 7 heteroatoms. The molecule has 0 fully saturated rings. The summed E-state index contributed by atoms with van der Waals surface area (Å²) >= 11 is 12.3. The van der Waals surface area contributed by atoms with E-state index < -0.39 is 10.0 Å². The Bertz CT molecular complexity index is 929. The van der Waals surface area contributed by atoms with Crippen molar-refractivity contribution in [1.82, 2.24) is 9.62 Å². The second kappa shape index (κ2) is 7.49. The predicted molar refractivity (Wildman–Crippen MR) is 107 cm³/mol. The molecule has 0 aromatic heterocycles. The highest BCUT2D eigenvalue weighted by Crippen LogP contribution is 2.43. The Balaban J connectivity index is 2.11. The molecule has 0 saturated carbocycles. The van der Waals surface area contributed by atoms with Gasteiger partial charge in [0.05, 0.1) is 14.9 Å². The zero-order valence-corrected chi connectivity index (χ0v) is 17.3. The summed E-state index contributed by atoms with van der Waals surface area (Å²) in [6.07, 6.45) is 1.87. The van der Waals surface area contributed by atoms with Crippen LogP contribution in [0.4, 0.5) is 0 Å². The lowest BCUT2D eigenvalue weighted by molar-refractivity contribution is 0.468. The SMILES string of the molecule is CN[C@H]1CC[C@@H](c2ccc(Cl)c(Cl)c2)c2ccc(S(=O)(=O)N(C)C)cc21. The molecule has 0 saturated heterocycles. The largest absolute Gasteiger partial charge is 0.313 e. The van der Waals surface area contributed by atoms with Crippen molar-refractivity contribution < 1.29 is 8.42 Å². The molecule has 1 N–H and O–H groups in total. The second-order valence-electron chi connectivity index (χ2n) is 6.72. The van der Waals surface area contributed by atoms with Crippen LogP contribution in [0.25, 0.3) is 0 Å². The van der Waals surface area contributed by atoms with Crippen molar-refractivity contribution in [3.05, 3.63) is 63.1 Å². The third kappa shape index (κ3) is 3.51. The lowest BCUT2D eigenvalue weighted by atomic mass is 9.77. The Kier molecular flexibility index (Phi) is 5.66. The Morgan fingerprint density at radius 3 is 2.35 bits per heavy atom. The van der Waals surface area contributed by atoms with Crippen LogP contribution in [0.15, 0.2) is 41.3 Å². The number of rotatable bonds is 4. The number of nitrogens with one attached hydrogen (secondary N) is 1. The molecule has 0 heterocycles. The van der Waals surface area contributed by atoms with Gasteiger partial charge in [-0.25, -0.2) is 12.7 Å². The van der Waals surface area contributed by atoms with Gasteiger partial charge in [-0.2, -0.15) is 0 Å². The van der Waals surface area contributed by atoms with Crippen molar-refractivity contribution in [2.75, 3.05) is 21.1 Å². The van der Waals surface area contributed by atoms with E-state index >= 15 is 0 Å². The minimum Gasteiger partial charge on any atom is -0.313 e. The monoisotopic (exact) mass is 412 g/mol. The average molecular weight is 413 g/mol. The van der Waals surface area contributed by atoms with Crippen LogP contribution >= 0.6 is 23.2 Å². The first-order chi connectivity index (χ1) is 12.3. The number of hydrogen-bond donors (Lipinski definition) is 1. The summed E-state index contributed by atoms with van der Waals surface area (Å²) < 4.78 is 26.3. The summed E-state index contributed by atoms with van der Waals surface area (Å²) in [5.74, 6) is 0.167. The lowest BCUT2D eigenvalue weighted by Gasteiger charge is -2.32. The van der Waals surface area contributed by atoms with Crippen molar-refractivity contribution in [3.63, 3.8) is 0 Å². The maximum atomic E-state index is 12.5. The number of nitrogens with zero attached hydrogens (tertiary/aromatic N) is 1. The molecular formula is C19H22Cl2N2O2S. The van der Waals surface area contributed by atoms with Gasteiger partial charge in [-0.15, -0.1) is 0 Å². The third-order valence-corrected chi connectivity index (χ3v) is 7.58. The third-order valence-electron chi connectivity index (χ3n) is 5.03. The van der Waals surface area contributed by atoms with Gasteiger partial charge in [-0.1, -0.05) is 35.3 Å². The highest BCUT2D eigenvalue weighted by molar-refractivity contribution is 7.89. The first-order valence-corrected chi connectivity index (χ1v) is 10.6. The normalized spacial score (nSPS) is 20.2. The van der Waals surface area contributed by atoms with Gasteiger partial charge >= 0.3 is 0 Å². The zero-order chi connectivity index (χ0) is 19.1. The van der Waals surface area contributed by atoms with Gasteiger partial charge in [0.2, 0.25) is 10.0 Å². The minimum atomic E-state index is -3.47. The van der Waals surface area contributed by atoms with Gasteiger partial charge in [-0.3, -0.25) is 0 Å². The summed E-state index contributed by atoms with van der Waals surface area (Å²) in [6.45, 7) is 0. The van der Waals surface area contributed by atoms with E-state index in [1.807, 2.05) is 31.3 Å². The minimum absolute atomic E-state index is 0.126. The molecule has 1 aliphatic carbocycles. The molecule has 2 atom stereocenters. The summed E-state index contributed by atoms with van der Waals surface area (Å²) in [5.41, 5.74) is 3.25. The van der Waals surface area contributed by atoms with Crippen molar-refractivity contribution in [1.29, 1.82) is 0 Å². The fraction of sp³-hybridized carbons (Fsp3) is 0.368. The summed E-state index contributed by atoms with van der Waals surface area (Å²) in [7, 11) is 1.52. The van der Waals surface area contributed by atoms with Crippen LogP contribution in [0.5, 0.6) is 0 Å².